The molecule has 0 aliphatic rings. The van der Waals surface area contributed by atoms with Gasteiger partial charge >= 0.3 is 0 Å². The molecule has 0 nitrogen and oxygen atoms in total. The quantitative estimate of drug-likeness (QED) is 0.563. The molecule has 0 N–H and O–H groups in total. The second-order valence-corrected chi connectivity index (χ2v) is 30.2. The van der Waals surface area contributed by atoms with Crippen LogP contribution in [0.3, 0.4) is 0 Å². The predicted octanol–water partition coefficient (Wildman–Crippen LogP) is 1.82. The van der Waals surface area contributed by atoms with E-state index in [1.165, 1.54) is 0 Å². The van der Waals surface area contributed by atoms with E-state index in [-0.39, 0.29) is 16.6 Å². The monoisotopic (exact) mass is 176 g/mol. The maximum absolute atomic E-state index is 2.60. The minimum Gasteiger partial charge on any atom is -0.0743 e. The zero-order chi connectivity index (χ0) is 7.65. The lowest BCUT2D eigenvalue weighted by atomic mass is 11.9. The number of hydrogen-bond donors (Lipinski definition) is 0. The molecule has 0 bridgehead atoms. The fourth-order valence-electron chi connectivity index (χ4n) is 0.667. The number of hydrogen-bond acceptors (Lipinski definition) is 0. The van der Waals surface area contributed by atoms with Gasteiger partial charge < -0.3 is 0 Å². The van der Waals surface area contributed by atoms with E-state index >= 15 is 0 Å². The van der Waals surface area contributed by atoms with E-state index in [0.717, 1.165) is 0 Å². The maximum Gasteiger partial charge on any atom is 0.0287 e. The lowest BCUT2D eigenvalue weighted by Crippen LogP contribution is -2.52. The molecule has 0 amide bonds. The average molecular weight is 176 g/mol. The fourth-order valence-corrected chi connectivity index (χ4v) is 18.0. The average Bonchev–Trinajstić information content (AvgIpc) is 1.65. The molecule has 0 spiro atoms. The van der Waals surface area contributed by atoms with Crippen LogP contribution in [0.4, 0.5) is 0 Å². The van der Waals surface area contributed by atoms with E-state index in [1.54, 1.807) is 0 Å². The van der Waals surface area contributed by atoms with Gasteiger partial charge in [-0.15, -0.1) is 0 Å². The molecule has 0 aromatic rings. The molecule has 0 aromatic heterocycles. The third-order valence-electron chi connectivity index (χ3n) is 2.98. The molecule has 0 heterocycles. The van der Waals surface area contributed by atoms with Gasteiger partial charge in [0.05, 0.1) is 0 Å². The van der Waals surface area contributed by atoms with Crippen LogP contribution in [-0.2, 0) is 0 Å². The summed E-state index contributed by atoms with van der Waals surface area (Å²) in [6.07, 6.45) is 0. The highest BCUT2D eigenvalue weighted by molar-refractivity contribution is 7.58. The van der Waals surface area contributed by atoms with Crippen LogP contribution in [0.1, 0.15) is 0 Å². The van der Waals surface area contributed by atoms with Crippen LogP contribution >= 0.6 is 0 Å². The van der Waals surface area contributed by atoms with Crippen molar-refractivity contribution in [1.82, 2.24) is 0 Å². The van der Waals surface area contributed by atoms with E-state index in [9.17, 15) is 0 Å². The summed E-state index contributed by atoms with van der Waals surface area (Å²) < 4.78 is 0. The minimum atomic E-state index is -0.580. The highest BCUT2D eigenvalue weighted by Crippen LogP contribution is 2.10. The Balaban J connectivity index is 4.01. The van der Waals surface area contributed by atoms with Crippen molar-refractivity contribution in [3.8, 4) is 0 Å². The van der Waals surface area contributed by atoms with E-state index in [0.29, 0.717) is 0 Å². The number of rotatable bonds is 2. The molecule has 0 saturated carbocycles. The van der Waals surface area contributed by atoms with Crippen molar-refractivity contribution in [2.45, 2.75) is 39.3 Å². The molecule has 0 saturated heterocycles. The van der Waals surface area contributed by atoms with E-state index in [1.807, 2.05) is 0 Å². The van der Waals surface area contributed by atoms with Crippen LogP contribution < -0.4 is 0 Å². The van der Waals surface area contributed by atoms with E-state index in [4.69, 9.17) is 0 Å². The summed E-state index contributed by atoms with van der Waals surface area (Å²) in [4.78, 5) is 0. The maximum atomic E-state index is 2.60. The molecule has 0 aliphatic heterocycles. The largest absolute Gasteiger partial charge is 0.0743 e. The predicted molar refractivity (Wildman–Crippen MR) is 55.2 cm³/mol. The molecule has 56 valence electrons. The molecule has 0 aromatic carbocycles. The fraction of sp³-hybridized carbons (Fsp3) is 1.00. The first kappa shape index (κ1) is 9.65. The standard InChI is InChI=1S/C6H20Si3/c1-7(2)9(5,6)8(3)4/h7-8H,1-6H3. The zero-order valence-corrected chi connectivity index (χ0v) is 11.0. The van der Waals surface area contributed by atoms with Gasteiger partial charge in [0.1, 0.15) is 0 Å². The first-order valence-corrected chi connectivity index (χ1v) is 15.1. The van der Waals surface area contributed by atoms with Crippen LogP contribution in [0.15, 0.2) is 0 Å². The Labute approximate surface area is 63.5 Å². The molecule has 0 atom stereocenters. The minimum absolute atomic E-state index is 0.237. The van der Waals surface area contributed by atoms with Crippen molar-refractivity contribution in [2.75, 3.05) is 0 Å². The molecule has 0 aliphatic carbocycles. The van der Waals surface area contributed by atoms with Gasteiger partial charge in [-0.1, -0.05) is 39.3 Å². The molecular formula is C6H20Si3. The first-order valence-electron chi connectivity index (χ1n) is 3.89. The van der Waals surface area contributed by atoms with Gasteiger partial charge in [-0.3, -0.25) is 0 Å². The van der Waals surface area contributed by atoms with Gasteiger partial charge in [0.15, 0.2) is 0 Å². The lowest BCUT2D eigenvalue weighted by Gasteiger charge is -2.29. The second kappa shape index (κ2) is 3.16. The Morgan fingerprint density at radius 3 is 1.00 bits per heavy atom. The molecule has 0 fully saturated rings. The van der Waals surface area contributed by atoms with Crippen LogP contribution in [0.5, 0.6) is 0 Å². The van der Waals surface area contributed by atoms with Crippen molar-refractivity contribution in [1.29, 1.82) is 0 Å². The van der Waals surface area contributed by atoms with Gasteiger partial charge in [0, 0.05) is 23.7 Å². The summed E-state index contributed by atoms with van der Waals surface area (Å²) in [7, 11) is -1.05. The molecule has 0 unspecified atom stereocenters. The summed E-state index contributed by atoms with van der Waals surface area (Å²) in [5.74, 6) is 0. The van der Waals surface area contributed by atoms with Crippen LogP contribution in [0, 0.1) is 0 Å². The Kier molecular flexibility index (Phi) is 3.39. The summed E-state index contributed by atoms with van der Waals surface area (Å²) in [5.41, 5.74) is 0. The Hall–Kier alpha value is 0.651. The highest BCUT2D eigenvalue weighted by Gasteiger charge is 2.29. The van der Waals surface area contributed by atoms with Crippen molar-refractivity contribution < 1.29 is 0 Å². The zero-order valence-electron chi connectivity index (χ0n) is 7.65. The van der Waals surface area contributed by atoms with Crippen LogP contribution in [0.2, 0.25) is 39.3 Å². The van der Waals surface area contributed by atoms with Crippen molar-refractivity contribution >= 4 is 23.7 Å². The topological polar surface area (TPSA) is 0 Å². The van der Waals surface area contributed by atoms with Gasteiger partial charge in [-0.2, -0.15) is 0 Å². The molecular weight excluding hydrogens is 156 g/mol. The van der Waals surface area contributed by atoms with E-state index in [2.05, 4.69) is 39.3 Å². The summed E-state index contributed by atoms with van der Waals surface area (Å²) in [6.45, 7) is 15.3. The van der Waals surface area contributed by atoms with Gasteiger partial charge in [0.2, 0.25) is 0 Å². The molecule has 0 radical (unpaired) electrons. The van der Waals surface area contributed by atoms with Gasteiger partial charge in [0.25, 0.3) is 0 Å². The SMILES string of the molecule is C[SiH](C)[Si](C)(C)[SiH](C)C. The molecule has 3 heteroatoms. The second-order valence-electron chi connectivity index (χ2n) is 4.13. The summed E-state index contributed by atoms with van der Waals surface area (Å²) in [6, 6.07) is 0. The Bertz CT molecular complexity index is 76.3. The van der Waals surface area contributed by atoms with Crippen molar-refractivity contribution in [3.63, 3.8) is 0 Å². The third kappa shape index (κ3) is 2.39. The smallest absolute Gasteiger partial charge is 0.0287 e. The third-order valence-corrected chi connectivity index (χ3v) is 38.8. The normalized spacial score (nSPS) is 13.3. The first-order chi connectivity index (χ1) is 3.89. The lowest BCUT2D eigenvalue weighted by molar-refractivity contribution is 1.88. The van der Waals surface area contributed by atoms with Crippen LogP contribution in [0.25, 0.3) is 0 Å². The molecule has 9 heavy (non-hydrogen) atoms. The van der Waals surface area contributed by atoms with Crippen molar-refractivity contribution in [3.05, 3.63) is 0 Å². The Morgan fingerprint density at radius 1 is 0.778 bits per heavy atom. The van der Waals surface area contributed by atoms with Gasteiger partial charge in [-0.25, -0.2) is 0 Å². The van der Waals surface area contributed by atoms with E-state index < -0.39 is 7.11 Å². The van der Waals surface area contributed by atoms with Crippen LogP contribution in [-0.4, -0.2) is 23.7 Å². The molecule has 0 rings (SSSR count). The summed E-state index contributed by atoms with van der Waals surface area (Å²) in [5, 5.41) is 0. The summed E-state index contributed by atoms with van der Waals surface area (Å²) >= 11 is 0. The highest BCUT2D eigenvalue weighted by atomic mass is 29.6. The Morgan fingerprint density at radius 2 is 1.00 bits per heavy atom. The van der Waals surface area contributed by atoms with Gasteiger partial charge in [-0.05, 0) is 0 Å². The van der Waals surface area contributed by atoms with Crippen molar-refractivity contribution in [2.24, 2.45) is 0 Å².